The Hall–Kier alpha value is -2.20. The number of amides is 3. The number of halogens is 1. The van der Waals surface area contributed by atoms with Crippen LogP contribution in [0.25, 0.3) is 0 Å². The Bertz CT molecular complexity index is 746. The molecule has 3 amide bonds. The molecule has 0 bridgehead atoms. The van der Waals surface area contributed by atoms with Gasteiger partial charge in [-0.25, -0.2) is 4.98 Å². The van der Waals surface area contributed by atoms with Crippen LogP contribution in [-0.2, 0) is 16.0 Å². The monoisotopic (exact) mass is 427 g/mol. The Labute approximate surface area is 156 Å². The number of carbonyl (C=O) groups excluding carboxylic acids is 3. The normalized spacial score (nSPS) is 12.9. The summed E-state index contributed by atoms with van der Waals surface area (Å²) in [6.45, 7) is 1.56. The van der Waals surface area contributed by atoms with Gasteiger partial charge in [0.1, 0.15) is 12.1 Å². The molecular weight excluding hydrogens is 410 g/mol. The number of carbonyl (C=O) groups is 3. The summed E-state index contributed by atoms with van der Waals surface area (Å²) >= 11 is 4.56. The van der Waals surface area contributed by atoms with Crippen LogP contribution in [0, 0.1) is 0 Å². The van der Waals surface area contributed by atoms with E-state index in [0.717, 1.165) is 3.79 Å². The van der Waals surface area contributed by atoms with Gasteiger partial charge in [-0.05, 0) is 35.0 Å². The van der Waals surface area contributed by atoms with E-state index in [1.807, 2.05) is 0 Å². The van der Waals surface area contributed by atoms with Gasteiger partial charge in [-0.2, -0.15) is 0 Å². The van der Waals surface area contributed by atoms with Crippen LogP contribution in [0.1, 0.15) is 22.3 Å². The number of likely N-dealkylation sites (N-methyl/N-ethyl adjacent to an activating group) is 1. The highest BCUT2D eigenvalue weighted by Gasteiger charge is 2.24. The lowest BCUT2D eigenvalue weighted by molar-refractivity contribution is -0.129. The second-order valence-corrected chi connectivity index (χ2v) is 7.72. The number of aromatic nitrogens is 2. The lowest BCUT2D eigenvalue weighted by Gasteiger charge is -2.20. The summed E-state index contributed by atoms with van der Waals surface area (Å²) < 4.78 is 0.828. The first-order chi connectivity index (χ1) is 11.9. The maximum atomic E-state index is 12.3. The molecule has 2 aromatic heterocycles. The van der Waals surface area contributed by atoms with E-state index in [1.54, 1.807) is 25.3 Å². The number of imidazole rings is 1. The molecule has 25 heavy (non-hydrogen) atoms. The van der Waals surface area contributed by atoms with Crippen LogP contribution in [-0.4, -0.2) is 46.8 Å². The number of rotatable bonds is 7. The molecule has 2 heterocycles. The predicted octanol–water partition coefficient (Wildman–Crippen LogP) is 0.825. The molecule has 0 saturated carbocycles. The van der Waals surface area contributed by atoms with E-state index in [9.17, 15) is 14.4 Å². The molecule has 0 aliphatic heterocycles. The number of hydrogen-bond acceptors (Lipinski definition) is 5. The zero-order valence-corrected chi connectivity index (χ0v) is 16.0. The number of H-pyrrole nitrogens is 1. The molecule has 2 atom stereocenters. The third kappa shape index (κ3) is 5.40. The topological polar surface area (TPSA) is 116 Å². The van der Waals surface area contributed by atoms with E-state index in [-0.39, 0.29) is 18.2 Å². The smallest absolute Gasteiger partial charge is 0.262 e. The maximum Gasteiger partial charge on any atom is 0.262 e. The minimum atomic E-state index is -0.790. The summed E-state index contributed by atoms with van der Waals surface area (Å²) in [7, 11) is 1.49. The van der Waals surface area contributed by atoms with Gasteiger partial charge in [0.05, 0.1) is 15.0 Å². The van der Waals surface area contributed by atoms with Crippen LogP contribution in [0.5, 0.6) is 0 Å². The van der Waals surface area contributed by atoms with Crippen molar-refractivity contribution in [2.45, 2.75) is 25.4 Å². The van der Waals surface area contributed by atoms with Crippen molar-refractivity contribution >= 4 is 45.0 Å². The molecule has 4 N–H and O–H groups in total. The second kappa shape index (κ2) is 8.77. The van der Waals surface area contributed by atoms with Crippen molar-refractivity contribution < 1.29 is 14.4 Å². The van der Waals surface area contributed by atoms with Gasteiger partial charge >= 0.3 is 0 Å². The molecule has 0 radical (unpaired) electrons. The molecule has 1 unspecified atom stereocenters. The first-order valence-corrected chi connectivity index (χ1v) is 9.07. The number of aromatic amines is 1. The Morgan fingerprint density at radius 3 is 2.60 bits per heavy atom. The number of nitrogens with one attached hydrogen (secondary N) is 4. The van der Waals surface area contributed by atoms with E-state index in [4.69, 9.17) is 0 Å². The lowest BCUT2D eigenvalue weighted by atomic mass is 10.1. The van der Waals surface area contributed by atoms with Crippen molar-refractivity contribution in [3.8, 4) is 0 Å². The lowest BCUT2D eigenvalue weighted by Crippen LogP contribution is -2.53. The fraction of sp³-hybridized carbons (Fsp3) is 0.333. The van der Waals surface area contributed by atoms with Gasteiger partial charge in [0.25, 0.3) is 5.91 Å². The van der Waals surface area contributed by atoms with Crippen LogP contribution in [0.3, 0.4) is 0 Å². The average Bonchev–Trinajstić information content (AvgIpc) is 3.24. The highest BCUT2D eigenvalue weighted by molar-refractivity contribution is 9.11. The second-order valence-electron chi connectivity index (χ2n) is 5.26. The molecule has 0 aromatic carbocycles. The summed E-state index contributed by atoms with van der Waals surface area (Å²) in [4.78, 5) is 43.7. The maximum absolute atomic E-state index is 12.3. The zero-order valence-electron chi connectivity index (χ0n) is 13.6. The zero-order chi connectivity index (χ0) is 18.4. The van der Waals surface area contributed by atoms with Crippen LogP contribution >= 0.6 is 27.3 Å². The van der Waals surface area contributed by atoms with Gasteiger partial charge in [0.2, 0.25) is 11.8 Å². The molecule has 0 aliphatic rings. The molecule has 0 spiro atoms. The van der Waals surface area contributed by atoms with Crippen molar-refractivity contribution in [3.63, 3.8) is 0 Å². The number of nitrogens with zero attached hydrogens (tertiary/aromatic N) is 1. The van der Waals surface area contributed by atoms with Crippen LogP contribution in [0.4, 0.5) is 0 Å². The van der Waals surface area contributed by atoms with Gasteiger partial charge in [0.15, 0.2) is 0 Å². The Morgan fingerprint density at radius 1 is 1.28 bits per heavy atom. The molecule has 0 aliphatic carbocycles. The summed E-state index contributed by atoms with van der Waals surface area (Å²) in [5, 5.41) is 7.78. The van der Waals surface area contributed by atoms with Crippen LogP contribution in [0.2, 0.25) is 0 Å². The van der Waals surface area contributed by atoms with Crippen molar-refractivity contribution in [3.05, 3.63) is 39.0 Å². The fourth-order valence-electron chi connectivity index (χ4n) is 2.07. The fourth-order valence-corrected chi connectivity index (χ4v) is 3.36. The van der Waals surface area contributed by atoms with Gasteiger partial charge in [0, 0.05) is 25.4 Å². The van der Waals surface area contributed by atoms with Crippen LogP contribution < -0.4 is 16.0 Å². The first-order valence-electron chi connectivity index (χ1n) is 7.46. The third-order valence-electron chi connectivity index (χ3n) is 3.40. The van der Waals surface area contributed by atoms with E-state index in [0.29, 0.717) is 10.6 Å². The van der Waals surface area contributed by atoms with E-state index in [1.165, 1.54) is 24.7 Å². The summed E-state index contributed by atoms with van der Waals surface area (Å²) in [5.74, 6) is -1.12. The molecular formula is C15H18BrN5O3S. The molecule has 0 saturated heterocycles. The molecule has 8 nitrogen and oxygen atoms in total. The molecule has 134 valence electrons. The molecule has 2 aromatic rings. The third-order valence-corrected chi connectivity index (χ3v) is 5.02. The average molecular weight is 428 g/mol. The summed E-state index contributed by atoms with van der Waals surface area (Å²) in [6.07, 6.45) is 3.35. The number of hydrogen-bond donors (Lipinski definition) is 4. The SMILES string of the molecule is CNC(=O)[C@H](Cc1cnc[nH]1)NC(=O)C(C)NC(=O)c1ccc(Br)s1. The van der Waals surface area contributed by atoms with Crippen LogP contribution in [0.15, 0.2) is 28.4 Å². The summed E-state index contributed by atoms with van der Waals surface area (Å²) in [6, 6.07) is 1.87. The van der Waals surface area contributed by atoms with Crippen molar-refractivity contribution in [2.75, 3.05) is 7.05 Å². The minimum absolute atomic E-state index is 0.268. The Kier molecular flexibility index (Phi) is 6.71. The van der Waals surface area contributed by atoms with E-state index >= 15 is 0 Å². The Morgan fingerprint density at radius 2 is 2.04 bits per heavy atom. The van der Waals surface area contributed by atoms with E-state index in [2.05, 4.69) is 41.8 Å². The highest BCUT2D eigenvalue weighted by atomic mass is 79.9. The van der Waals surface area contributed by atoms with Gasteiger partial charge in [-0.15, -0.1) is 11.3 Å². The molecule has 10 heteroatoms. The van der Waals surface area contributed by atoms with Gasteiger partial charge in [-0.1, -0.05) is 0 Å². The van der Waals surface area contributed by atoms with Crippen molar-refractivity contribution in [2.24, 2.45) is 0 Å². The first kappa shape index (κ1) is 19.1. The Balaban J connectivity index is 1.96. The number of thiophene rings is 1. The largest absolute Gasteiger partial charge is 0.357 e. The molecule has 2 rings (SSSR count). The highest BCUT2D eigenvalue weighted by Crippen LogP contribution is 2.21. The standard InChI is InChI=1S/C15H18BrN5O3S/c1-8(20-15(24)11-3-4-12(16)25-11)13(22)21-10(14(23)17-2)5-9-6-18-7-19-9/h3-4,6-8,10H,5H2,1-2H3,(H,17,23)(H,18,19)(H,20,24)(H,21,22)/t8?,10-/m0/s1. The predicted molar refractivity (Wildman–Crippen MR) is 97.2 cm³/mol. The van der Waals surface area contributed by atoms with Gasteiger partial charge in [-0.3, -0.25) is 14.4 Å². The van der Waals surface area contributed by atoms with E-state index < -0.39 is 18.0 Å². The van der Waals surface area contributed by atoms with Gasteiger partial charge < -0.3 is 20.9 Å². The minimum Gasteiger partial charge on any atom is -0.357 e. The molecule has 0 fully saturated rings. The van der Waals surface area contributed by atoms with Crippen molar-refractivity contribution in [1.29, 1.82) is 0 Å². The van der Waals surface area contributed by atoms with Crippen molar-refractivity contribution in [1.82, 2.24) is 25.9 Å². The quantitative estimate of drug-likeness (QED) is 0.523. The summed E-state index contributed by atoms with van der Waals surface area (Å²) in [5.41, 5.74) is 0.717.